The minimum Gasteiger partial charge on any atom is -0.348 e. The number of fused-ring (bicyclic) bond motifs is 1. The lowest BCUT2D eigenvalue weighted by molar-refractivity contribution is 0.0951. The van der Waals surface area contributed by atoms with Crippen molar-refractivity contribution in [2.45, 2.75) is 20.4 Å². The van der Waals surface area contributed by atoms with E-state index in [4.69, 9.17) is 0 Å². The normalized spacial score (nSPS) is 10.8. The molecule has 3 aromatic rings. The van der Waals surface area contributed by atoms with Crippen molar-refractivity contribution in [1.29, 1.82) is 0 Å². The lowest BCUT2D eigenvalue weighted by atomic mass is 10.1. The van der Waals surface area contributed by atoms with Crippen molar-refractivity contribution in [3.63, 3.8) is 0 Å². The Kier molecular flexibility index (Phi) is 3.44. The highest BCUT2D eigenvalue weighted by Gasteiger charge is 2.06. The first kappa shape index (κ1) is 13.4. The number of rotatable bonds is 3. The molecule has 0 aliphatic carbocycles. The zero-order valence-electron chi connectivity index (χ0n) is 12.1. The summed E-state index contributed by atoms with van der Waals surface area (Å²) in [6, 6.07) is 13.5. The number of aromatic amines is 1. The number of aromatic nitrogens is 2. The van der Waals surface area contributed by atoms with Crippen molar-refractivity contribution < 1.29 is 4.79 Å². The van der Waals surface area contributed by atoms with Crippen LogP contribution in [0.5, 0.6) is 0 Å². The molecule has 0 saturated carbocycles. The Hall–Kier alpha value is -2.62. The second-order valence-electron chi connectivity index (χ2n) is 5.23. The van der Waals surface area contributed by atoms with Gasteiger partial charge in [0.1, 0.15) is 5.82 Å². The van der Waals surface area contributed by atoms with Crippen LogP contribution in [-0.2, 0) is 6.54 Å². The lowest BCUT2D eigenvalue weighted by Crippen LogP contribution is -2.22. The zero-order chi connectivity index (χ0) is 14.8. The van der Waals surface area contributed by atoms with Gasteiger partial charge in [-0.25, -0.2) is 4.98 Å². The van der Waals surface area contributed by atoms with E-state index in [0.29, 0.717) is 12.1 Å². The van der Waals surface area contributed by atoms with E-state index in [-0.39, 0.29) is 5.91 Å². The highest BCUT2D eigenvalue weighted by molar-refractivity contribution is 5.94. The highest BCUT2D eigenvalue weighted by atomic mass is 16.1. The molecule has 0 fully saturated rings. The molecule has 3 rings (SSSR count). The Labute approximate surface area is 123 Å². The molecule has 21 heavy (non-hydrogen) atoms. The third kappa shape index (κ3) is 2.94. The van der Waals surface area contributed by atoms with Gasteiger partial charge >= 0.3 is 0 Å². The average Bonchev–Trinajstić information content (AvgIpc) is 2.84. The number of aryl methyl sites for hydroxylation is 2. The SMILES string of the molecule is Cc1cccc(C(=O)NCc2ccc3nc(C)[nH]c3c2)c1. The first-order valence-corrected chi connectivity index (χ1v) is 6.92. The quantitative estimate of drug-likeness (QED) is 0.774. The number of amides is 1. The van der Waals surface area contributed by atoms with Crippen LogP contribution in [0.25, 0.3) is 11.0 Å². The summed E-state index contributed by atoms with van der Waals surface area (Å²) < 4.78 is 0. The fraction of sp³-hybridized carbons (Fsp3) is 0.176. The van der Waals surface area contributed by atoms with Gasteiger partial charge in [-0.3, -0.25) is 4.79 Å². The largest absolute Gasteiger partial charge is 0.348 e. The van der Waals surface area contributed by atoms with Crippen molar-refractivity contribution in [3.05, 3.63) is 65.0 Å². The van der Waals surface area contributed by atoms with Crippen LogP contribution in [0.1, 0.15) is 27.3 Å². The summed E-state index contributed by atoms with van der Waals surface area (Å²) in [6.07, 6.45) is 0. The van der Waals surface area contributed by atoms with Crippen molar-refractivity contribution in [2.75, 3.05) is 0 Å². The van der Waals surface area contributed by atoms with E-state index in [1.165, 1.54) is 0 Å². The minimum absolute atomic E-state index is 0.0559. The molecule has 0 bridgehead atoms. The van der Waals surface area contributed by atoms with E-state index in [0.717, 1.165) is 28.0 Å². The maximum Gasteiger partial charge on any atom is 0.251 e. The van der Waals surface area contributed by atoms with Crippen LogP contribution >= 0.6 is 0 Å². The number of benzene rings is 2. The number of H-pyrrole nitrogens is 1. The summed E-state index contributed by atoms with van der Waals surface area (Å²) in [5.74, 6) is 0.838. The summed E-state index contributed by atoms with van der Waals surface area (Å²) in [4.78, 5) is 19.7. The molecule has 0 atom stereocenters. The number of nitrogens with one attached hydrogen (secondary N) is 2. The average molecular weight is 279 g/mol. The third-order valence-electron chi connectivity index (χ3n) is 3.40. The summed E-state index contributed by atoms with van der Waals surface area (Å²) in [5.41, 5.74) is 4.76. The van der Waals surface area contributed by atoms with Crippen molar-refractivity contribution in [3.8, 4) is 0 Å². The van der Waals surface area contributed by atoms with Gasteiger partial charge in [0.25, 0.3) is 5.91 Å². The first-order valence-electron chi connectivity index (χ1n) is 6.92. The van der Waals surface area contributed by atoms with Gasteiger partial charge in [-0.1, -0.05) is 23.8 Å². The van der Waals surface area contributed by atoms with Crippen molar-refractivity contribution in [1.82, 2.24) is 15.3 Å². The van der Waals surface area contributed by atoms with Crippen LogP contribution in [-0.4, -0.2) is 15.9 Å². The summed E-state index contributed by atoms with van der Waals surface area (Å²) in [6.45, 7) is 4.41. The van der Waals surface area contributed by atoms with Crippen molar-refractivity contribution >= 4 is 16.9 Å². The number of hydrogen-bond acceptors (Lipinski definition) is 2. The molecule has 106 valence electrons. The topological polar surface area (TPSA) is 57.8 Å². The maximum atomic E-state index is 12.1. The van der Waals surface area contributed by atoms with Crippen LogP contribution in [0, 0.1) is 13.8 Å². The van der Waals surface area contributed by atoms with E-state index < -0.39 is 0 Å². The second-order valence-corrected chi connectivity index (χ2v) is 5.23. The number of imidazole rings is 1. The second kappa shape index (κ2) is 5.40. The van der Waals surface area contributed by atoms with E-state index in [1.54, 1.807) is 0 Å². The summed E-state index contributed by atoms with van der Waals surface area (Å²) in [7, 11) is 0. The van der Waals surface area contributed by atoms with Crippen molar-refractivity contribution in [2.24, 2.45) is 0 Å². The van der Waals surface area contributed by atoms with Crippen LogP contribution in [0.3, 0.4) is 0 Å². The number of hydrogen-bond donors (Lipinski definition) is 2. The smallest absolute Gasteiger partial charge is 0.251 e. The van der Waals surface area contributed by atoms with Gasteiger partial charge in [-0.15, -0.1) is 0 Å². The fourth-order valence-electron chi connectivity index (χ4n) is 2.36. The molecular formula is C17H17N3O. The van der Waals surface area contributed by atoms with Gasteiger partial charge in [-0.2, -0.15) is 0 Å². The molecule has 4 heteroatoms. The molecule has 2 aromatic carbocycles. The van der Waals surface area contributed by atoms with Crippen LogP contribution in [0.4, 0.5) is 0 Å². The molecule has 4 nitrogen and oxygen atoms in total. The minimum atomic E-state index is -0.0559. The molecule has 0 spiro atoms. The predicted octanol–water partition coefficient (Wildman–Crippen LogP) is 3.11. The Morgan fingerprint density at radius 2 is 2.05 bits per heavy atom. The first-order chi connectivity index (χ1) is 10.1. The molecular weight excluding hydrogens is 262 g/mol. The molecule has 2 N–H and O–H groups in total. The number of carbonyl (C=O) groups excluding carboxylic acids is 1. The molecule has 0 radical (unpaired) electrons. The third-order valence-corrected chi connectivity index (χ3v) is 3.40. The molecule has 0 aliphatic heterocycles. The van der Waals surface area contributed by atoms with Gasteiger partial charge in [0.15, 0.2) is 0 Å². The fourth-order valence-corrected chi connectivity index (χ4v) is 2.36. The Morgan fingerprint density at radius 1 is 1.19 bits per heavy atom. The predicted molar refractivity (Wildman–Crippen MR) is 83.2 cm³/mol. The molecule has 0 aliphatic rings. The molecule has 1 amide bonds. The van der Waals surface area contributed by atoms with E-state index >= 15 is 0 Å². The van der Waals surface area contributed by atoms with E-state index in [1.807, 2.05) is 56.3 Å². The van der Waals surface area contributed by atoms with Gasteiger partial charge in [0.05, 0.1) is 11.0 Å². The maximum absolute atomic E-state index is 12.1. The Balaban J connectivity index is 1.72. The molecule has 0 saturated heterocycles. The van der Waals surface area contributed by atoms with Gasteiger partial charge < -0.3 is 10.3 Å². The summed E-state index contributed by atoms with van der Waals surface area (Å²) >= 11 is 0. The van der Waals surface area contributed by atoms with E-state index in [2.05, 4.69) is 15.3 Å². The Bertz CT molecular complexity index is 805. The number of nitrogens with zero attached hydrogens (tertiary/aromatic N) is 1. The Morgan fingerprint density at radius 3 is 2.86 bits per heavy atom. The highest BCUT2D eigenvalue weighted by Crippen LogP contribution is 2.13. The lowest BCUT2D eigenvalue weighted by Gasteiger charge is -2.06. The molecule has 0 unspecified atom stereocenters. The van der Waals surface area contributed by atoms with E-state index in [9.17, 15) is 4.79 Å². The number of carbonyl (C=O) groups is 1. The van der Waals surface area contributed by atoms with Gasteiger partial charge in [0, 0.05) is 12.1 Å². The zero-order valence-corrected chi connectivity index (χ0v) is 12.1. The monoisotopic (exact) mass is 279 g/mol. The van der Waals surface area contributed by atoms with Crippen LogP contribution in [0.2, 0.25) is 0 Å². The van der Waals surface area contributed by atoms with Gasteiger partial charge in [-0.05, 0) is 43.7 Å². The molecule has 1 aromatic heterocycles. The van der Waals surface area contributed by atoms with Crippen LogP contribution in [0.15, 0.2) is 42.5 Å². The van der Waals surface area contributed by atoms with Gasteiger partial charge in [0.2, 0.25) is 0 Å². The summed E-state index contributed by atoms with van der Waals surface area (Å²) in [5, 5.41) is 2.94. The van der Waals surface area contributed by atoms with Crippen LogP contribution < -0.4 is 5.32 Å². The molecule has 1 heterocycles. The standard InChI is InChI=1S/C17H17N3O/c1-11-4-3-5-14(8-11)17(21)18-10-13-6-7-15-16(9-13)20-12(2)19-15/h3-9H,10H2,1-2H3,(H,18,21)(H,19,20).